The molecule has 0 fully saturated rings. The predicted molar refractivity (Wildman–Crippen MR) is 55.7 cm³/mol. The lowest BCUT2D eigenvalue weighted by atomic mass is 10.1. The molecule has 0 rings (SSSR count). The van der Waals surface area contributed by atoms with Crippen molar-refractivity contribution >= 4 is 0 Å². The molecule has 0 aromatic heterocycles. The van der Waals surface area contributed by atoms with Crippen molar-refractivity contribution < 1.29 is 0 Å². The molecule has 2 heteroatoms. The van der Waals surface area contributed by atoms with E-state index in [9.17, 15) is 0 Å². The van der Waals surface area contributed by atoms with E-state index in [1.165, 1.54) is 0 Å². The molecule has 0 radical (unpaired) electrons. The molecule has 0 saturated heterocycles. The second-order valence-corrected chi connectivity index (χ2v) is 3.31. The summed E-state index contributed by atoms with van der Waals surface area (Å²) in [6.45, 7) is 6.32. The summed E-state index contributed by atoms with van der Waals surface area (Å²) in [5.41, 5.74) is 0.637. The smallest absolute Gasteiger partial charge is 0.117 e. The van der Waals surface area contributed by atoms with Crippen LogP contribution in [0.4, 0.5) is 0 Å². The lowest BCUT2D eigenvalue weighted by molar-refractivity contribution is 0.660. The van der Waals surface area contributed by atoms with E-state index < -0.39 is 0 Å². The molecule has 0 aromatic carbocycles. The van der Waals surface area contributed by atoms with Gasteiger partial charge in [0.15, 0.2) is 0 Å². The van der Waals surface area contributed by atoms with Crippen LogP contribution in [-0.2, 0) is 0 Å². The maximum absolute atomic E-state index is 8.72. The second-order valence-electron chi connectivity index (χ2n) is 3.31. The molecule has 0 aliphatic rings. The molecule has 0 aliphatic heterocycles. The average molecular weight is 178 g/mol. The summed E-state index contributed by atoms with van der Waals surface area (Å²) >= 11 is 0. The summed E-state index contributed by atoms with van der Waals surface area (Å²) in [6.07, 6.45) is 7.66. The monoisotopic (exact) mass is 178 g/mol. The van der Waals surface area contributed by atoms with E-state index in [1.54, 1.807) is 0 Å². The van der Waals surface area contributed by atoms with Crippen LogP contribution in [0.5, 0.6) is 0 Å². The molecule has 13 heavy (non-hydrogen) atoms. The van der Waals surface area contributed by atoms with Gasteiger partial charge in [0, 0.05) is 0 Å². The van der Waals surface area contributed by atoms with Crippen LogP contribution in [0.1, 0.15) is 33.6 Å². The fourth-order valence-electron chi connectivity index (χ4n) is 0.757. The van der Waals surface area contributed by atoms with Crippen LogP contribution >= 0.6 is 0 Å². The number of nitrogens with zero attached hydrogens (tertiary/aromatic N) is 1. The predicted octanol–water partition coefficient (Wildman–Crippen LogP) is 2.95. The molecule has 0 aliphatic carbocycles. The summed E-state index contributed by atoms with van der Waals surface area (Å²) < 4.78 is 0. The van der Waals surface area contributed by atoms with Gasteiger partial charge in [0.05, 0.1) is 0 Å². The Labute approximate surface area is 81.0 Å². The van der Waals surface area contributed by atoms with Crippen LogP contribution in [0.25, 0.3) is 0 Å². The van der Waals surface area contributed by atoms with Crippen molar-refractivity contribution in [3.63, 3.8) is 0 Å². The van der Waals surface area contributed by atoms with Crippen molar-refractivity contribution in [3.05, 3.63) is 24.0 Å². The van der Waals surface area contributed by atoms with Crippen molar-refractivity contribution in [2.75, 3.05) is 0 Å². The van der Waals surface area contributed by atoms with Crippen molar-refractivity contribution in [1.82, 2.24) is 5.32 Å². The summed E-state index contributed by atoms with van der Waals surface area (Å²) in [7, 11) is 0. The molecular weight excluding hydrogens is 160 g/mol. The van der Waals surface area contributed by atoms with Gasteiger partial charge in [-0.3, -0.25) is 0 Å². The molecule has 0 bridgehead atoms. The van der Waals surface area contributed by atoms with Gasteiger partial charge in [0.25, 0.3) is 0 Å². The van der Waals surface area contributed by atoms with Crippen LogP contribution < -0.4 is 5.32 Å². The number of allylic oxidation sites excluding steroid dienone is 3. The lowest BCUT2D eigenvalue weighted by Gasteiger charge is -2.00. The SMILES string of the molecule is CC/C=C/N/C(C#N)=C\CC(C)C. The first-order valence-electron chi connectivity index (χ1n) is 4.72. The van der Waals surface area contributed by atoms with Crippen molar-refractivity contribution in [3.8, 4) is 6.07 Å². The van der Waals surface area contributed by atoms with Crippen LogP contribution in [0.2, 0.25) is 0 Å². The van der Waals surface area contributed by atoms with Gasteiger partial charge < -0.3 is 5.32 Å². The molecule has 0 aromatic rings. The van der Waals surface area contributed by atoms with Gasteiger partial charge in [-0.25, -0.2) is 0 Å². The molecule has 0 saturated carbocycles. The zero-order valence-electron chi connectivity index (χ0n) is 8.67. The van der Waals surface area contributed by atoms with Gasteiger partial charge >= 0.3 is 0 Å². The maximum Gasteiger partial charge on any atom is 0.117 e. The zero-order chi connectivity index (χ0) is 10.1. The third-order valence-corrected chi connectivity index (χ3v) is 1.51. The first-order chi connectivity index (χ1) is 6.20. The summed E-state index contributed by atoms with van der Waals surface area (Å²) in [6, 6.07) is 2.12. The first kappa shape index (κ1) is 11.8. The maximum atomic E-state index is 8.72. The van der Waals surface area contributed by atoms with Gasteiger partial charge in [0.1, 0.15) is 11.8 Å². The normalized spacial score (nSPS) is 12.1. The van der Waals surface area contributed by atoms with Gasteiger partial charge in [-0.05, 0) is 31.0 Å². The zero-order valence-corrected chi connectivity index (χ0v) is 8.67. The number of nitriles is 1. The van der Waals surface area contributed by atoms with E-state index in [4.69, 9.17) is 5.26 Å². The van der Waals surface area contributed by atoms with Crippen molar-refractivity contribution in [1.29, 1.82) is 5.26 Å². The fraction of sp³-hybridized carbons (Fsp3) is 0.545. The quantitative estimate of drug-likeness (QED) is 0.657. The van der Waals surface area contributed by atoms with E-state index in [2.05, 4.69) is 32.2 Å². The molecular formula is C11H18N2. The lowest BCUT2D eigenvalue weighted by Crippen LogP contribution is -2.02. The Morgan fingerprint density at radius 3 is 2.69 bits per heavy atom. The highest BCUT2D eigenvalue weighted by Crippen LogP contribution is 2.02. The van der Waals surface area contributed by atoms with E-state index in [1.807, 2.05) is 18.4 Å². The Bertz CT molecular complexity index is 219. The Morgan fingerprint density at radius 1 is 1.54 bits per heavy atom. The first-order valence-corrected chi connectivity index (χ1v) is 4.72. The van der Waals surface area contributed by atoms with E-state index >= 15 is 0 Å². The third kappa shape index (κ3) is 7.14. The van der Waals surface area contributed by atoms with Gasteiger partial charge in [-0.2, -0.15) is 5.26 Å². The topological polar surface area (TPSA) is 35.8 Å². The molecule has 0 spiro atoms. The van der Waals surface area contributed by atoms with Gasteiger partial charge in [0.2, 0.25) is 0 Å². The third-order valence-electron chi connectivity index (χ3n) is 1.51. The minimum Gasteiger partial charge on any atom is -0.354 e. The highest BCUT2D eigenvalue weighted by molar-refractivity contribution is 5.20. The van der Waals surface area contributed by atoms with Crippen LogP contribution in [0.15, 0.2) is 24.0 Å². The number of rotatable bonds is 5. The Hall–Kier alpha value is -1.23. The molecule has 0 atom stereocenters. The fourth-order valence-corrected chi connectivity index (χ4v) is 0.757. The van der Waals surface area contributed by atoms with E-state index in [0.717, 1.165) is 12.8 Å². The van der Waals surface area contributed by atoms with Crippen LogP contribution in [-0.4, -0.2) is 0 Å². The minimum absolute atomic E-state index is 0.598. The van der Waals surface area contributed by atoms with Gasteiger partial charge in [-0.15, -0.1) is 0 Å². The van der Waals surface area contributed by atoms with Crippen molar-refractivity contribution in [2.24, 2.45) is 5.92 Å². The molecule has 72 valence electrons. The van der Waals surface area contributed by atoms with Crippen molar-refractivity contribution in [2.45, 2.75) is 33.6 Å². The largest absolute Gasteiger partial charge is 0.354 e. The minimum atomic E-state index is 0.598. The molecule has 0 unspecified atom stereocenters. The Kier molecular flexibility index (Phi) is 6.72. The molecule has 2 nitrogen and oxygen atoms in total. The van der Waals surface area contributed by atoms with E-state index in [-0.39, 0.29) is 0 Å². The highest BCUT2D eigenvalue weighted by Gasteiger charge is 1.93. The van der Waals surface area contributed by atoms with E-state index in [0.29, 0.717) is 11.6 Å². The summed E-state index contributed by atoms with van der Waals surface area (Å²) in [4.78, 5) is 0. The van der Waals surface area contributed by atoms with Crippen LogP contribution in [0.3, 0.4) is 0 Å². The Morgan fingerprint density at radius 2 is 2.23 bits per heavy atom. The number of hydrogen-bond donors (Lipinski definition) is 1. The standard InChI is InChI=1S/C11H18N2/c1-4-5-8-13-11(9-12)7-6-10(2)3/h5,7-8,10,13H,4,6H2,1-3H3/b8-5+,11-7-. The summed E-state index contributed by atoms with van der Waals surface area (Å²) in [5.74, 6) is 0.598. The van der Waals surface area contributed by atoms with Gasteiger partial charge in [-0.1, -0.05) is 26.8 Å². The second kappa shape index (κ2) is 7.42. The number of hydrogen-bond acceptors (Lipinski definition) is 2. The Balaban J connectivity index is 3.96. The molecule has 0 heterocycles. The average Bonchev–Trinajstić information content (AvgIpc) is 2.10. The summed E-state index contributed by atoms with van der Waals surface area (Å²) in [5, 5.41) is 11.7. The molecule has 1 N–H and O–H groups in total. The highest BCUT2D eigenvalue weighted by atomic mass is 14.8. The number of nitrogens with one attached hydrogen (secondary N) is 1. The van der Waals surface area contributed by atoms with Crippen LogP contribution in [0, 0.1) is 17.2 Å². The molecule has 0 amide bonds.